The standard InChI is InChI=1S/C7H13F2NO/c1-10-5-2-6(3-5)11-4-7(8)9/h5-7,10H,2-4H2,1H3. The van der Waals surface area contributed by atoms with Crippen LogP contribution in [0.2, 0.25) is 0 Å². The molecule has 1 saturated carbocycles. The van der Waals surface area contributed by atoms with Gasteiger partial charge in [0, 0.05) is 6.04 Å². The van der Waals surface area contributed by atoms with Crippen molar-refractivity contribution in [2.24, 2.45) is 0 Å². The molecule has 0 unspecified atom stereocenters. The smallest absolute Gasteiger partial charge is 0.261 e. The molecule has 0 aromatic rings. The number of hydrogen-bond acceptors (Lipinski definition) is 2. The lowest BCUT2D eigenvalue weighted by Gasteiger charge is -2.34. The topological polar surface area (TPSA) is 21.3 Å². The lowest BCUT2D eigenvalue weighted by atomic mass is 9.89. The predicted molar refractivity (Wildman–Crippen MR) is 37.8 cm³/mol. The summed E-state index contributed by atoms with van der Waals surface area (Å²) in [7, 11) is 1.87. The third-order valence-electron chi connectivity index (χ3n) is 1.96. The summed E-state index contributed by atoms with van der Waals surface area (Å²) >= 11 is 0. The molecule has 1 fully saturated rings. The maximum atomic E-state index is 11.6. The molecule has 0 radical (unpaired) electrons. The molecular weight excluding hydrogens is 152 g/mol. The van der Waals surface area contributed by atoms with Crippen molar-refractivity contribution in [1.82, 2.24) is 5.32 Å². The maximum Gasteiger partial charge on any atom is 0.261 e. The van der Waals surface area contributed by atoms with Gasteiger partial charge in [0.2, 0.25) is 0 Å². The molecular formula is C7H13F2NO. The van der Waals surface area contributed by atoms with Crippen LogP contribution in [0.25, 0.3) is 0 Å². The summed E-state index contributed by atoms with van der Waals surface area (Å²) in [5.41, 5.74) is 0. The Balaban J connectivity index is 1.96. The quantitative estimate of drug-likeness (QED) is 0.671. The molecule has 66 valence electrons. The molecule has 0 aromatic carbocycles. The van der Waals surface area contributed by atoms with E-state index >= 15 is 0 Å². The number of nitrogens with one attached hydrogen (secondary N) is 1. The summed E-state index contributed by atoms with van der Waals surface area (Å²) in [5, 5.41) is 3.05. The van der Waals surface area contributed by atoms with E-state index < -0.39 is 13.0 Å². The highest BCUT2D eigenvalue weighted by atomic mass is 19.3. The van der Waals surface area contributed by atoms with Crippen molar-refractivity contribution < 1.29 is 13.5 Å². The normalized spacial score (nSPS) is 30.5. The van der Waals surface area contributed by atoms with Crippen LogP contribution in [0.5, 0.6) is 0 Å². The Morgan fingerprint density at radius 1 is 1.55 bits per heavy atom. The zero-order valence-corrected chi connectivity index (χ0v) is 6.52. The first-order chi connectivity index (χ1) is 5.22. The van der Waals surface area contributed by atoms with E-state index in [4.69, 9.17) is 4.74 Å². The molecule has 1 N–H and O–H groups in total. The van der Waals surface area contributed by atoms with Gasteiger partial charge in [-0.15, -0.1) is 0 Å². The predicted octanol–water partition coefficient (Wildman–Crippen LogP) is 1.02. The van der Waals surface area contributed by atoms with Crippen LogP contribution < -0.4 is 5.32 Å². The van der Waals surface area contributed by atoms with Crippen LogP contribution in [0.15, 0.2) is 0 Å². The van der Waals surface area contributed by atoms with Crippen molar-refractivity contribution in [3.8, 4) is 0 Å². The van der Waals surface area contributed by atoms with Gasteiger partial charge in [0.25, 0.3) is 6.43 Å². The zero-order chi connectivity index (χ0) is 8.27. The van der Waals surface area contributed by atoms with Crippen LogP contribution in [-0.4, -0.2) is 32.2 Å². The van der Waals surface area contributed by atoms with E-state index in [2.05, 4.69) is 5.32 Å². The monoisotopic (exact) mass is 165 g/mol. The first-order valence-electron chi connectivity index (χ1n) is 3.79. The Morgan fingerprint density at radius 2 is 2.18 bits per heavy atom. The second-order valence-electron chi connectivity index (χ2n) is 2.80. The molecule has 4 heteroatoms. The molecule has 11 heavy (non-hydrogen) atoms. The van der Waals surface area contributed by atoms with Crippen LogP contribution in [0, 0.1) is 0 Å². The molecule has 0 aromatic heterocycles. The molecule has 0 bridgehead atoms. The first kappa shape index (κ1) is 8.87. The second kappa shape index (κ2) is 3.97. The van der Waals surface area contributed by atoms with Gasteiger partial charge in [-0.1, -0.05) is 0 Å². The summed E-state index contributed by atoms with van der Waals surface area (Å²) in [6.45, 7) is -0.416. The van der Waals surface area contributed by atoms with E-state index in [9.17, 15) is 8.78 Å². The summed E-state index contributed by atoms with van der Waals surface area (Å²) in [5.74, 6) is 0. The van der Waals surface area contributed by atoms with E-state index in [1.807, 2.05) is 7.05 Å². The van der Waals surface area contributed by atoms with E-state index in [1.54, 1.807) is 0 Å². The van der Waals surface area contributed by atoms with Crippen molar-refractivity contribution in [3.05, 3.63) is 0 Å². The van der Waals surface area contributed by atoms with Gasteiger partial charge in [-0.05, 0) is 19.9 Å². The van der Waals surface area contributed by atoms with Gasteiger partial charge in [0.1, 0.15) is 6.61 Å². The Bertz CT molecular complexity index is 115. The average Bonchev–Trinajstić information content (AvgIpc) is 1.84. The lowest BCUT2D eigenvalue weighted by Crippen LogP contribution is -2.44. The summed E-state index contributed by atoms with van der Waals surface area (Å²) in [6.07, 6.45) is -0.544. The molecule has 2 nitrogen and oxygen atoms in total. The molecule has 0 atom stereocenters. The largest absolute Gasteiger partial charge is 0.372 e. The van der Waals surface area contributed by atoms with Crippen LogP contribution in [0.1, 0.15) is 12.8 Å². The van der Waals surface area contributed by atoms with Gasteiger partial charge in [-0.25, -0.2) is 8.78 Å². The third kappa shape index (κ3) is 2.71. The fourth-order valence-corrected chi connectivity index (χ4v) is 1.15. The molecule has 0 heterocycles. The molecule has 0 amide bonds. The van der Waals surface area contributed by atoms with E-state index in [1.165, 1.54) is 0 Å². The van der Waals surface area contributed by atoms with Crippen molar-refractivity contribution >= 4 is 0 Å². The highest BCUT2D eigenvalue weighted by molar-refractivity contribution is 4.84. The molecule has 1 aliphatic rings. The van der Waals surface area contributed by atoms with Gasteiger partial charge in [-0.3, -0.25) is 0 Å². The fraction of sp³-hybridized carbons (Fsp3) is 1.00. The van der Waals surface area contributed by atoms with Crippen LogP contribution >= 0.6 is 0 Å². The lowest BCUT2D eigenvalue weighted by molar-refractivity contribution is -0.0631. The Hall–Kier alpha value is -0.220. The molecule has 1 aliphatic carbocycles. The minimum atomic E-state index is -2.33. The number of alkyl halides is 2. The number of rotatable bonds is 4. The van der Waals surface area contributed by atoms with Gasteiger partial charge in [-0.2, -0.15) is 0 Å². The summed E-state index contributed by atoms with van der Waals surface area (Å²) < 4.78 is 28.1. The molecule has 0 aliphatic heterocycles. The minimum Gasteiger partial charge on any atom is -0.372 e. The second-order valence-corrected chi connectivity index (χ2v) is 2.80. The van der Waals surface area contributed by atoms with Gasteiger partial charge in [0.05, 0.1) is 6.10 Å². The Labute approximate surface area is 64.9 Å². The fourth-order valence-electron chi connectivity index (χ4n) is 1.15. The van der Waals surface area contributed by atoms with E-state index in [0.717, 1.165) is 12.8 Å². The first-order valence-corrected chi connectivity index (χ1v) is 3.79. The van der Waals surface area contributed by atoms with Crippen LogP contribution in [0.4, 0.5) is 8.78 Å². The van der Waals surface area contributed by atoms with Crippen LogP contribution in [0.3, 0.4) is 0 Å². The zero-order valence-electron chi connectivity index (χ0n) is 6.52. The number of hydrogen-bond donors (Lipinski definition) is 1. The van der Waals surface area contributed by atoms with Crippen LogP contribution in [-0.2, 0) is 4.74 Å². The van der Waals surface area contributed by atoms with Gasteiger partial charge < -0.3 is 10.1 Å². The third-order valence-corrected chi connectivity index (χ3v) is 1.96. The number of halogens is 2. The van der Waals surface area contributed by atoms with Gasteiger partial charge in [0.15, 0.2) is 0 Å². The van der Waals surface area contributed by atoms with E-state index in [0.29, 0.717) is 6.04 Å². The molecule has 0 saturated heterocycles. The summed E-state index contributed by atoms with van der Waals surface area (Å²) in [6, 6.07) is 0.470. The van der Waals surface area contributed by atoms with Crippen molar-refractivity contribution in [1.29, 1.82) is 0 Å². The van der Waals surface area contributed by atoms with Crippen molar-refractivity contribution in [2.75, 3.05) is 13.7 Å². The van der Waals surface area contributed by atoms with Crippen molar-refractivity contribution in [2.45, 2.75) is 31.4 Å². The summed E-state index contributed by atoms with van der Waals surface area (Å²) in [4.78, 5) is 0. The average molecular weight is 165 g/mol. The minimum absolute atomic E-state index is 0.0569. The molecule has 0 spiro atoms. The Morgan fingerprint density at radius 3 is 2.64 bits per heavy atom. The van der Waals surface area contributed by atoms with E-state index in [-0.39, 0.29) is 6.10 Å². The van der Waals surface area contributed by atoms with Crippen molar-refractivity contribution in [3.63, 3.8) is 0 Å². The molecule has 1 rings (SSSR count). The number of ether oxygens (including phenoxy) is 1. The highest BCUT2D eigenvalue weighted by Crippen LogP contribution is 2.23. The highest BCUT2D eigenvalue weighted by Gasteiger charge is 2.28. The SMILES string of the molecule is CNC1CC(OCC(F)F)C1. The maximum absolute atomic E-state index is 11.6. The Kier molecular flexibility index (Phi) is 3.20. The van der Waals surface area contributed by atoms with Gasteiger partial charge >= 0.3 is 0 Å².